The molecule has 1 saturated heterocycles. The zero-order valence-corrected chi connectivity index (χ0v) is 21.1. The third-order valence-corrected chi connectivity index (χ3v) is 7.34. The summed E-state index contributed by atoms with van der Waals surface area (Å²) in [6, 6.07) is 20.0. The zero-order chi connectivity index (χ0) is 25.4. The van der Waals surface area contributed by atoms with Crippen LogP contribution in [0, 0.1) is 6.92 Å². The molecule has 190 valence electrons. The molecule has 0 aliphatic carbocycles. The van der Waals surface area contributed by atoms with Crippen molar-refractivity contribution in [2.45, 2.75) is 19.3 Å². The molecule has 0 spiro atoms. The van der Waals surface area contributed by atoms with E-state index in [1.54, 1.807) is 7.11 Å². The second-order valence-corrected chi connectivity index (χ2v) is 9.45. The Hall–Kier alpha value is -4.20. The number of aryl methyl sites for hydroxylation is 1. The summed E-state index contributed by atoms with van der Waals surface area (Å²) in [5, 5.41) is 0. The van der Waals surface area contributed by atoms with Gasteiger partial charge in [-0.05, 0) is 48.9 Å². The van der Waals surface area contributed by atoms with Gasteiger partial charge in [-0.15, -0.1) is 0 Å². The number of carbonyl (C=O) groups excluding carboxylic acids is 1. The number of carbonyl (C=O) groups is 1. The third-order valence-electron chi connectivity index (χ3n) is 7.34. The molecule has 0 bridgehead atoms. The molecule has 8 nitrogen and oxygen atoms in total. The van der Waals surface area contributed by atoms with Crippen LogP contribution in [0.4, 0.5) is 5.69 Å². The molecule has 8 heteroatoms. The fraction of sp³-hybridized carbons (Fsp3) is 0.310. The summed E-state index contributed by atoms with van der Waals surface area (Å²) in [7, 11) is 1.69. The summed E-state index contributed by atoms with van der Waals surface area (Å²) in [5.74, 6) is 2.26. The number of hydrogen-bond donors (Lipinski definition) is 0. The van der Waals surface area contributed by atoms with Gasteiger partial charge < -0.3 is 28.4 Å². The van der Waals surface area contributed by atoms with Crippen molar-refractivity contribution in [1.82, 2.24) is 14.3 Å². The minimum atomic E-state index is -0.176. The molecular formula is C29H30N4O4. The molecule has 0 radical (unpaired) electrons. The number of imidazole rings is 1. The first kappa shape index (κ1) is 23.2. The highest BCUT2D eigenvalue weighted by molar-refractivity contribution is 5.78. The van der Waals surface area contributed by atoms with Crippen LogP contribution in [0.15, 0.2) is 66.9 Å². The Kier molecular flexibility index (Phi) is 6.08. The third kappa shape index (κ3) is 4.33. The summed E-state index contributed by atoms with van der Waals surface area (Å²) >= 11 is 0. The number of para-hydroxylation sites is 2. The van der Waals surface area contributed by atoms with Crippen LogP contribution in [0.5, 0.6) is 17.2 Å². The molecule has 2 aromatic carbocycles. The Morgan fingerprint density at radius 2 is 1.81 bits per heavy atom. The number of methoxy groups -OCH3 is 1. The lowest BCUT2D eigenvalue weighted by atomic mass is 9.91. The summed E-state index contributed by atoms with van der Waals surface area (Å²) in [6.45, 7) is 5.13. The molecule has 2 aromatic heterocycles. The van der Waals surface area contributed by atoms with Crippen molar-refractivity contribution in [3.8, 4) is 17.2 Å². The maximum absolute atomic E-state index is 13.7. The average molecular weight is 499 g/mol. The topological polar surface area (TPSA) is 68.5 Å². The molecule has 37 heavy (non-hydrogen) atoms. The van der Waals surface area contributed by atoms with Crippen LogP contribution < -0.4 is 19.1 Å². The molecule has 0 N–H and O–H groups in total. The van der Waals surface area contributed by atoms with E-state index in [0.29, 0.717) is 25.3 Å². The Morgan fingerprint density at radius 1 is 1.00 bits per heavy atom. The van der Waals surface area contributed by atoms with Crippen LogP contribution >= 0.6 is 0 Å². The first-order valence-electron chi connectivity index (χ1n) is 12.6. The van der Waals surface area contributed by atoms with Crippen molar-refractivity contribution >= 4 is 17.2 Å². The van der Waals surface area contributed by atoms with E-state index in [0.717, 1.165) is 52.9 Å². The van der Waals surface area contributed by atoms with Crippen molar-refractivity contribution in [2.24, 2.45) is 0 Å². The van der Waals surface area contributed by atoms with Crippen molar-refractivity contribution in [3.05, 3.63) is 83.8 Å². The largest absolute Gasteiger partial charge is 0.495 e. The Labute approximate surface area is 216 Å². The molecule has 4 heterocycles. The maximum atomic E-state index is 13.7. The normalized spacial score (nSPS) is 15.7. The van der Waals surface area contributed by atoms with Crippen LogP contribution in [0.25, 0.3) is 5.65 Å². The van der Waals surface area contributed by atoms with Gasteiger partial charge in [0, 0.05) is 50.4 Å². The van der Waals surface area contributed by atoms with Gasteiger partial charge in [0.15, 0.2) is 11.5 Å². The molecular weight excluding hydrogens is 468 g/mol. The predicted molar refractivity (Wildman–Crippen MR) is 141 cm³/mol. The first-order chi connectivity index (χ1) is 18.1. The van der Waals surface area contributed by atoms with Crippen LogP contribution in [0.1, 0.15) is 29.3 Å². The van der Waals surface area contributed by atoms with E-state index in [1.165, 1.54) is 0 Å². The smallest absolute Gasteiger partial charge is 0.231 e. The summed E-state index contributed by atoms with van der Waals surface area (Å²) in [6.07, 6.45) is 2.24. The number of aromatic nitrogens is 2. The molecule has 1 fully saturated rings. The van der Waals surface area contributed by atoms with Crippen molar-refractivity contribution in [1.29, 1.82) is 0 Å². The number of piperazine rings is 1. The minimum absolute atomic E-state index is 0.130. The van der Waals surface area contributed by atoms with E-state index in [4.69, 9.17) is 14.2 Å². The number of hydrogen-bond acceptors (Lipinski definition) is 6. The molecule has 1 atom stereocenters. The lowest BCUT2D eigenvalue weighted by molar-refractivity contribution is -0.131. The highest BCUT2D eigenvalue weighted by atomic mass is 16.7. The standard InChI is InChI=1S/C29H30N4O4/c1-20-6-5-9-28-30-18-24(33(20)28)22(21-10-11-26-27(16-21)37-19-36-26)17-29(34)32-14-12-31(13-15-32)23-7-3-4-8-25(23)35-2/h3-11,16,18,22H,12-15,17,19H2,1-2H3. The van der Waals surface area contributed by atoms with E-state index in [1.807, 2.05) is 59.6 Å². The fourth-order valence-electron chi connectivity index (χ4n) is 5.39. The van der Waals surface area contributed by atoms with E-state index in [2.05, 4.69) is 33.3 Å². The molecule has 1 amide bonds. The SMILES string of the molecule is COc1ccccc1N1CCN(C(=O)CC(c2ccc3c(c2)OCO3)c2cnc3cccc(C)n23)CC1. The van der Waals surface area contributed by atoms with Crippen LogP contribution in [0.2, 0.25) is 0 Å². The molecule has 6 rings (SSSR count). The highest BCUT2D eigenvalue weighted by Crippen LogP contribution is 2.38. The van der Waals surface area contributed by atoms with E-state index in [-0.39, 0.29) is 18.6 Å². The van der Waals surface area contributed by atoms with Gasteiger partial charge in [0.05, 0.1) is 18.5 Å². The van der Waals surface area contributed by atoms with Gasteiger partial charge >= 0.3 is 0 Å². The first-order valence-corrected chi connectivity index (χ1v) is 12.6. The lowest BCUT2D eigenvalue weighted by Gasteiger charge is -2.37. The Morgan fingerprint density at radius 3 is 2.65 bits per heavy atom. The molecule has 2 aliphatic heterocycles. The minimum Gasteiger partial charge on any atom is -0.495 e. The van der Waals surface area contributed by atoms with Gasteiger partial charge in [-0.2, -0.15) is 0 Å². The van der Waals surface area contributed by atoms with Gasteiger partial charge in [-0.3, -0.25) is 4.79 Å². The van der Waals surface area contributed by atoms with Crippen molar-refractivity contribution in [3.63, 3.8) is 0 Å². The van der Waals surface area contributed by atoms with E-state index >= 15 is 0 Å². The number of pyridine rings is 1. The van der Waals surface area contributed by atoms with Crippen LogP contribution in [0.3, 0.4) is 0 Å². The monoisotopic (exact) mass is 498 g/mol. The Balaban J connectivity index is 1.26. The van der Waals surface area contributed by atoms with Crippen LogP contribution in [-0.4, -0.2) is 60.3 Å². The van der Waals surface area contributed by atoms with Gasteiger partial charge in [0.2, 0.25) is 12.7 Å². The molecule has 0 saturated carbocycles. The second kappa shape index (κ2) is 9.69. The van der Waals surface area contributed by atoms with E-state index < -0.39 is 0 Å². The Bertz CT molecular complexity index is 1440. The highest BCUT2D eigenvalue weighted by Gasteiger charge is 2.29. The predicted octanol–water partition coefficient (Wildman–Crippen LogP) is 4.25. The number of ether oxygens (including phenoxy) is 3. The van der Waals surface area contributed by atoms with Crippen molar-refractivity contribution < 1.29 is 19.0 Å². The number of nitrogens with zero attached hydrogens (tertiary/aromatic N) is 4. The number of rotatable bonds is 6. The molecule has 2 aliphatic rings. The zero-order valence-electron chi connectivity index (χ0n) is 21.1. The maximum Gasteiger partial charge on any atom is 0.231 e. The van der Waals surface area contributed by atoms with Gasteiger partial charge in [0.25, 0.3) is 0 Å². The summed E-state index contributed by atoms with van der Waals surface area (Å²) in [5.41, 5.74) is 5.02. The lowest BCUT2D eigenvalue weighted by Crippen LogP contribution is -2.49. The number of anilines is 1. The van der Waals surface area contributed by atoms with E-state index in [9.17, 15) is 4.79 Å². The average Bonchev–Trinajstić information content (AvgIpc) is 3.59. The van der Waals surface area contributed by atoms with Gasteiger partial charge in [0.1, 0.15) is 11.4 Å². The van der Waals surface area contributed by atoms with Crippen molar-refractivity contribution in [2.75, 3.05) is 45.0 Å². The number of benzene rings is 2. The molecule has 1 unspecified atom stereocenters. The molecule has 4 aromatic rings. The second-order valence-electron chi connectivity index (χ2n) is 9.45. The number of amides is 1. The fourth-order valence-corrected chi connectivity index (χ4v) is 5.39. The quantitative estimate of drug-likeness (QED) is 0.396. The summed E-state index contributed by atoms with van der Waals surface area (Å²) < 4.78 is 18.9. The van der Waals surface area contributed by atoms with Gasteiger partial charge in [-0.25, -0.2) is 4.98 Å². The summed E-state index contributed by atoms with van der Waals surface area (Å²) in [4.78, 5) is 22.6. The van der Waals surface area contributed by atoms with Gasteiger partial charge in [-0.1, -0.05) is 24.3 Å². The number of fused-ring (bicyclic) bond motifs is 2. The van der Waals surface area contributed by atoms with Crippen LogP contribution in [-0.2, 0) is 4.79 Å².